The molecule has 1 amide bonds. The van der Waals surface area contributed by atoms with E-state index in [-0.39, 0.29) is 18.9 Å². The minimum absolute atomic E-state index is 0.00796. The summed E-state index contributed by atoms with van der Waals surface area (Å²) in [6, 6.07) is 15.9. The molecule has 0 saturated carbocycles. The van der Waals surface area contributed by atoms with Crippen molar-refractivity contribution in [3.8, 4) is 0 Å². The normalized spacial score (nSPS) is 11.4. The topological polar surface area (TPSA) is 87.3 Å². The summed E-state index contributed by atoms with van der Waals surface area (Å²) in [4.78, 5) is 11.7. The van der Waals surface area contributed by atoms with E-state index in [1.165, 1.54) is 6.08 Å². The van der Waals surface area contributed by atoms with Gasteiger partial charge in [-0.25, -0.2) is 13.1 Å². The number of hydrogen-bond donors (Lipinski definition) is 3. The fraction of sp³-hybridized carbons (Fsp3) is 0.118. The van der Waals surface area contributed by atoms with Crippen molar-refractivity contribution in [1.82, 2.24) is 10.1 Å². The monoisotopic (exact) mass is 379 g/mol. The molecule has 2 aromatic rings. The molecule has 0 saturated heterocycles. The largest absolute Gasteiger partial charge is 0.299 e. The van der Waals surface area contributed by atoms with Crippen LogP contribution in [0.15, 0.2) is 60.0 Å². The number of halogens is 1. The number of hydrogen-bond acceptors (Lipinski definition) is 4. The summed E-state index contributed by atoms with van der Waals surface area (Å²) in [5.74, 6) is -0.352. The Kier molecular flexibility index (Phi) is 7.00. The summed E-state index contributed by atoms with van der Waals surface area (Å²) in [6.07, 6.45) is 1.48. The molecule has 0 bridgehead atoms. The van der Waals surface area contributed by atoms with Gasteiger partial charge in [-0.3, -0.25) is 15.6 Å². The molecule has 0 unspecified atom stereocenters. The third kappa shape index (κ3) is 7.38. The molecule has 0 aliphatic heterocycles. The lowest BCUT2D eigenvalue weighted by Gasteiger charge is -2.09. The van der Waals surface area contributed by atoms with Crippen LogP contribution in [0.25, 0.3) is 6.08 Å². The summed E-state index contributed by atoms with van der Waals surface area (Å²) in [6.45, 7) is -0.00940. The Hall–Kier alpha value is -2.35. The van der Waals surface area contributed by atoms with Crippen molar-refractivity contribution in [3.63, 3.8) is 0 Å². The number of hydrazine groups is 1. The predicted molar refractivity (Wildman–Crippen MR) is 100 cm³/mol. The van der Waals surface area contributed by atoms with Crippen LogP contribution in [-0.4, -0.2) is 20.9 Å². The van der Waals surface area contributed by atoms with E-state index in [1.54, 1.807) is 36.4 Å². The molecule has 0 fully saturated rings. The van der Waals surface area contributed by atoms with Crippen molar-refractivity contribution in [2.24, 2.45) is 0 Å². The van der Waals surface area contributed by atoms with Crippen molar-refractivity contribution in [1.29, 1.82) is 0 Å². The molecule has 0 aliphatic carbocycles. The number of rotatable bonds is 8. The smallest absolute Gasteiger partial charge is 0.239 e. The highest BCUT2D eigenvalue weighted by Gasteiger charge is 2.07. The number of nitrogens with one attached hydrogen (secondary N) is 3. The zero-order valence-electron chi connectivity index (χ0n) is 13.3. The highest BCUT2D eigenvalue weighted by Crippen LogP contribution is 2.13. The summed E-state index contributed by atoms with van der Waals surface area (Å²) in [7, 11) is -3.60. The van der Waals surface area contributed by atoms with Gasteiger partial charge in [0.25, 0.3) is 0 Å². The van der Waals surface area contributed by atoms with Gasteiger partial charge in [-0.2, -0.15) is 0 Å². The average molecular weight is 380 g/mol. The van der Waals surface area contributed by atoms with Gasteiger partial charge in [0.05, 0.1) is 5.69 Å². The van der Waals surface area contributed by atoms with E-state index < -0.39 is 10.0 Å². The van der Waals surface area contributed by atoms with Gasteiger partial charge in [-0.1, -0.05) is 48.0 Å². The fourth-order valence-electron chi connectivity index (χ4n) is 1.86. The van der Waals surface area contributed by atoms with E-state index in [2.05, 4.69) is 15.6 Å². The zero-order valence-corrected chi connectivity index (χ0v) is 14.8. The van der Waals surface area contributed by atoms with Gasteiger partial charge in [-0.05, 0) is 29.8 Å². The minimum atomic E-state index is -3.60. The molecule has 6 nitrogen and oxygen atoms in total. The molecule has 0 heterocycles. The zero-order chi connectivity index (χ0) is 18.1. The van der Waals surface area contributed by atoms with Gasteiger partial charge in [0.2, 0.25) is 15.9 Å². The molecule has 8 heteroatoms. The van der Waals surface area contributed by atoms with E-state index >= 15 is 0 Å². The molecule has 0 atom stereocenters. The highest BCUT2D eigenvalue weighted by atomic mass is 35.5. The van der Waals surface area contributed by atoms with Gasteiger partial charge in [-0.15, -0.1) is 0 Å². The van der Waals surface area contributed by atoms with Crippen LogP contribution < -0.4 is 15.6 Å². The Morgan fingerprint density at radius 2 is 1.84 bits per heavy atom. The van der Waals surface area contributed by atoms with Crippen LogP contribution >= 0.6 is 11.6 Å². The first-order valence-electron chi connectivity index (χ1n) is 7.48. The summed E-state index contributed by atoms with van der Waals surface area (Å²) in [5, 5.41) is 1.61. The Morgan fingerprint density at radius 1 is 1.08 bits per heavy atom. The number of amides is 1. The number of carbonyl (C=O) groups excluding carboxylic acids is 1. The molecule has 2 aromatic carbocycles. The second-order valence-corrected chi connectivity index (χ2v) is 7.17. The summed E-state index contributed by atoms with van der Waals surface area (Å²) >= 11 is 5.83. The van der Waals surface area contributed by atoms with Crippen LogP contribution in [0.1, 0.15) is 12.0 Å². The van der Waals surface area contributed by atoms with E-state index in [0.29, 0.717) is 10.7 Å². The van der Waals surface area contributed by atoms with Crippen LogP contribution in [0.2, 0.25) is 5.02 Å². The second-order valence-electron chi connectivity index (χ2n) is 5.09. The van der Waals surface area contributed by atoms with Crippen molar-refractivity contribution in [2.75, 3.05) is 12.0 Å². The Balaban J connectivity index is 1.73. The van der Waals surface area contributed by atoms with Crippen molar-refractivity contribution in [2.45, 2.75) is 6.42 Å². The number of carbonyl (C=O) groups is 1. The SMILES string of the molecule is O=C(CCNS(=O)(=O)C=Cc1ccccc1)NNc1cccc(Cl)c1. The van der Waals surface area contributed by atoms with E-state index in [9.17, 15) is 13.2 Å². The van der Waals surface area contributed by atoms with E-state index in [1.807, 2.05) is 18.2 Å². The molecule has 2 rings (SSSR count). The fourth-order valence-corrected chi connectivity index (χ4v) is 2.87. The first-order chi connectivity index (χ1) is 11.9. The maximum atomic E-state index is 11.8. The van der Waals surface area contributed by atoms with Gasteiger partial charge < -0.3 is 0 Å². The quantitative estimate of drug-likeness (QED) is 0.615. The average Bonchev–Trinajstić information content (AvgIpc) is 2.59. The van der Waals surface area contributed by atoms with Gasteiger partial charge in [0.1, 0.15) is 0 Å². The van der Waals surface area contributed by atoms with Crippen molar-refractivity contribution in [3.05, 3.63) is 70.6 Å². The molecule has 0 aromatic heterocycles. The van der Waals surface area contributed by atoms with Crippen LogP contribution in [0, 0.1) is 0 Å². The first kappa shape index (κ1) is 19.0. The van der Waals surface area contributed by atoms with Gasteiger partial charge >= 0.3 is 0 Å². The molecule has 0 radical (unpaired) electrons. The molecular formula is C17H18ClN3O3S. The van der Waals surface area contributed by atoms with Crippen LogP contribution in [0.5, 0.6) is 0 Å². The second kappa shape index (κ2) is 9.22. The number of benzene rings is 2. The Labute approximate surface area is 151 Å². The first-order valence-corrected chi connectivity index (χ1v) is 9.40. The highest BCUT2D eigenvalue weighted by molar-refractivity contribution is 7.92. The van der Waals surface area contributed by atoms with E-state index in [4.69, 9.17) is 11.6 Å². The van der Waals surface area contributed by atoms with Crippen molar-refractivity contribution < 1.29 is 13.2 Å². The molecular weight excluding hydrogens is 362 g/mol. The lowest BCUT2D eigenvalue weighted by Crippen LogP contribution is -2.33. The minimum Gasteiger partial charge on any atom is -0.299 e. The third-order valence-electron chi connectivity index (χ3n) is 3.07. The van der Waals surface area contributed by atoms with E-state index in [0.717, 1.165) is 11.0 Å². The summed E-state index contributed by atoms with van der Waals surface area (Å²) in [5.41, 5.74) is 6.58. The molecule has 0 spiro atoms. The lowest BCUT2D eigenvalue weighted by molar-refractivity contribution is -0.120. The molecule has 25 heavy (non-hydrogen) atoms. The number of sulfonamides is 1. The van der Waals surface area contributed by atoms with Crippen LogP contribution in [-0.2, 0) is 14.8 Å². The maximum Gasteiger partial charge on any atom is 0.239 e. The Morgan fingerprint density at radius 3 is 2.56 bits per heavy atom. The van der Waals surface area contributed by atoms with Crippen molar-refractivity contribution >= 4 is 39.3 Å². The van der Waals surface area contributed by atoms with Gasteiger partial charge in [0.15, 0.2) is 0 Å². The summed E-state index contributed by atoms with van der Waals surface area (Å²) < 4.78 is 26.0. The Bertz CT molecular complexity index is 839. The number of anilines is 1. The molecule has 3 N–H and O–H groups in total. The van der Waals surface area contributed by atoms with Crippen LogP contribution in [0.3, 0.4) is 0 Å². The standard InChI is InChI=1S/C17H18ClN3O3S/c18-15-7-4-8-16(13-15)20-21-17(22)9-11-19-25(23,24)12-10-14-5-2-1-3-6-14/h1-8,10,12-13,19-20H,9,11H2,(H,21,22). The maximum absolute atomic E-state index is 11.8. The predicted octanol–water partition coefficient (Wildman–Crippen LogP) is 2.76. The third-order valence-corrected chi connectivity index (χ3v) is 4.40. The molecule has 132 valence electrons. The lowest BCUT2D eigenvalue weighted by atomic mass is 10.2. The van der Waals surface area contributed by atoms with Crippen LogP contribution in [0.4, 0.5) is 5.69 Å². The van der Waals surface area contributed by atoms with Gasteiger partial charge in [0, 0.05) is 23.4 Å². The molecule has 0 aliphatic rings.